The van der Waals surface area contributed by atoms with Gasteiger partial charge in [-0.3, -0.25) is 0 Å². The third-order valence-corrected chi connectivity index (χ3v) is 4.61. The Morgan fingerprint density at radius 1 is 1.35 bits per heavy atom. The summed E-state index contributed by atoms with van der Waals surface area (Å²) in [5, 5.41) is 0. The maximum absolute atomic E-state index is 11.7. The monoisotopic (exact) mass is 274 g/mol. The van der Waals surface area contributed by atoms with E-state index in [9.17, 15) is 4.79 Å². The van der Waals surface area contributed by atoms with Gasteiger partial charge in [0.25, 0.3) is 0 Å². The van der Waals surface area contributed by atoms with E-state index in [1.165, 1.54) is 19.3 Å². The van der Waals surface area contributed by atoms with Gasteiger partial charge in [0.1, 0.15) is 0 Å². The molecule has 108 valence electrons. The van der Waals surface area contributed by atoms with Gasteiger partial charge < -0.3 is 15.4 Å². The number of nitrogen functional groups attached to an aromatic ring is 1. The lowest BCUT2D eigenvalue weighted by Crippen LogP contribution is -2.22. The van der Waals surface area contributed by atoms with Gasteiger partial charge in [-0.15, -0.1) is 0 Å². The van der Waals surface area contributed by atoms with E-state index in [0.717, 1.165) is 30.6 Å². The highest BCUT2D eigenvalue weighted by Crippen LogP contribution is 2.40. The summed E-state index contributed by atoms with van der Waals surface area (Å²) in [5.41, 5.74) is 8.41. The summed E-state index contributed by atoms with van der Waals surface area (Å²) in [6.07, 6.45) is 4.07. The minimum atomic E-state index is -0.302. The van der Waals surface area contributed by atoms with Crippen LogP contribution in [0.25, 0.3) is 0 Å². The van der Waals surface area contributed by atoms with Gasteiger partial charge in [0.15, 0.2) is 0 Å². The quantitative estimate of drug-likeness (QED) is 0.680. The number of benzene rings is 1. The van der Waals surface area contributed by atoms with E-state index < -0.39 is 0 Å². The van der Waals surface area contributed by atoms with Crippen molar-refractivity contribution in [3.8, 4) is 0 Å². The maximum Gasteiger partial charge on any atom is 0.338 e. The van der Waals surface area contributed by atoms with Crippen molar-refractivity contribution in [3.05, 3.63) is 23.8 Å². The van der Waals surface area contributed by atoms with Gasteiger partial charge in [-0.25, -0.2) is 4.79 Å². The molecule has 3 rings (SSSR count). The Morgan fingerprint density at radius 3 is 2.65 bits per heavy atom. The molecule has 0 aromatic heterocycles. The summed E-state index contributed by atoms with van der Waals surface area (Å²) in [6.45, 7) is 4.40. The molecule has 0 radical (unpaired) electrons. The standard InChI is InChI=1S/C16H22N2O2/c1-2-20-16(19)11-6-7-15(14(17)8-11)18-9-12-4-3-5-13(12)10-18/h6-8,12-13H,2-5,9-10,17H2,1H3. The first kappa shape index (κ1) is 13.3. The number of esters is 1. The number of fused-ring (bicyclic) bond motifs is 1. The van der Waals surface area contributed by atoms with Gasteiger partial charge in [0.05, 0.1) is 23.5 Å². The minimum Gasteiger partial charge on any atom is -0.462 e. The molecule has 2 N–H and O–H groups in total. The average molecular weight is 274 g/mol. The lowest BCUT2D eigenvalue weighted by atomic mass is 10.0. The molecule has 4 nitrogen and oxygen atoms in total. The number of hydrogen-bond donors (Lipinski definition) is 1. The minimum absolute atomic E-state index is 0.302. The smallest absolute Gasteiger partial charge is 0.338 e. The number of carbonyl (C=O) groups excluding carboxylic acids is 1. The molecule has 1 saturated carbocycles. The molecule has 1 aliphatic carbocycles. The number of carbonyl (C=O) groups is 1. The molecule has 1 aliphatic heterocycles. The Hall–Kier alpha value is -1.71. The van der Waals surface area contributed by atoms with Gasteiger partial charge in [-0.2, -0.15) is 0 Å². The molecule has 1 aromatic carbocycles. The second-order valence-electron chi connectivity index (χ2n) is 5.85. The van der Waals surface area contributed by atoms with E-state index in [4.69, 9.17) is 10.5 Å². The Morgan fingerprint density at radius 2 is 2.05 bits per heavy atom. The molecule has 2 atom stereocenters. The molecule has 1 heterocycles. The number of anilines is 2. The van der Waals surface area contributed by atoms with Crippen LogP contribution in [-0.2, 0) is 4.74 Å². The largest absolute Gasteiger partial charge is 0.462 e. The molecule has 1 aromatic rings. The van der Waals surface area contributed by atoms with Crippen LogP contribution in [-0.4, -0.2) is 25.7 Å². The van der Waals surface area contributed by atoms with E-state index >= 15 is 0 Å². The molecule has 2 unspecified atom stereocenters. The summed E-state index contributed by atoms with van der Waals surface area (Å²) in [5.74, 6) is 1.36. The van der Waals surface area contributed by atoms with Crippen molar-refractivity contribution >= 4 is 17.3 Å². The van der Waals surface area contributed by atoms with Crippen molar-refractivity contribution < 1.29 is 9.53 Å². The van der Waals surface area contributed by atoms with Gasteiger partial charge in [-0.1, -0.05) is 6.42 Å². The van der Waals surface area contributed by atoms with Crippen molar-refractivity contribution in [2.75, 3.05) is 30.3 Å². The van der Waals surface area contributed by atoms with Crippen molar-refractivity contribution in [3.63, 3.8) is 0 Å². The molecular formula is C16H22N2O2. The molecule has 2 fully saturated rings. The van der Waals surface area contributed by atoms with Gasteiger partial charge in [0.2, 0.25) is 0 Å². The summed E-state index contributed by atoms with van der Waals surface area (Å²) in [6, 6.07) is 5.52. The first-order chi connectivity index (χ1) is 9.69. The summed E-state index contributed by atoms with van der Waals surface area (Å²) < 4.78 is 5.00. The van der Waals surface area contributed by atoms with Crippen LogP contribution in [0.5, 0.6) is 0 Å². The predicted octanol–water partition coefficient (Wildman–Crippen LogP) is 2.68. The van der Waals surface area contributed by atoms with Crippen LogP contribution in [0.4, 0.5) is 11.4 Å². The van der Waals surface area contributed by atoms with Crippen LogP contribution in [0, 0.1) is 11.8 Å². The maximum atomic E-state index is 11.7. The number of hydrogen-bond acceptors (Lipinski definition) is 4. The summed E-state index contributed by atoms with van der Waals surface area (Å²) >= 11 is 0. The molecule has 0 amide bonds. The highest BCUT2D eigenvalue weighted by molar-refractivity contribution is 5.92. The SMILES string of the molecule is CCOC(=O)c1ccc(N2CC3CCCC3C2)c(N)c1. The van der Waals surface area contributed by atoms with E-state index in [2.05, 4.69) is 4.90 Å². The highest BCUT2D eigenvalue weighted by atomic mass is 16.5. The van der Waals surface area contributed by atoms with E-state index in [0.29, 0.717) is 17.9 Å². The van der Waals surface area contributed by atoms with E-state index in [1.807, 2.05) is 12.1 Å². The van der Waals surface area contributed by atoms with Gasteiger partial charge in [0, 0.05) is 13.1 Å². The Kier molecular flexibility index (Phi) is 3.55. The van der Waals surface area contributed by atoms with Crippen molar-refractivity contribution in [2.45, 2.75) is 26.2 Å². The Balaban J connectivity index is 1.76. The normalized spacial score (nSPS) is 24.8. The van der Waals surface area contributed by atoms with Crippen LogP contribution in [0.15, 0.2) is 18.2 Å². The average Bonchev–Trinajstić information content (AvgIpc) is 2.99. The molecule has 1 saturated heterocycles. The first-order valence-electron chi connectivity index (χ1n) is 7.50. The van der Waals surface area contributed by atoms with Crippen molar-refractivity contribution in [1.29, 1.82) is 0 Å². The third-order valence-electron chi connectivity index (χ3n) is 4.61. The molecule has 0 spiro atoms. The molecule has 20 heavy (non-hydrogen) atoms. The molecule has 4 heteroatoms. The first-order valence-corrected chi connectivity index (χ1v) is 7.50. The summed E-state index contributed by atoms with van der Waals surface area (Å²) in [4.78, 5) is 14.1. The zero-order valence-electron chi connectivity index (χ0n) is 12.0. The van der Waals surface area contributed by atoms with Crippen LogP contribution >= 0.6 is 0 Å². The van der Waals surface area contributed by atoms with E-state index in [-0.39, 0.29) is 5.97 Å². The fourth-order valence-corrected chi connectivity index (χ4v) is 3.62. The van der Waals surface area contributed by atoms with Crippen LogP contribution < -0.4 is 10.6 Å². The number of rotatable bonds is 3. The van der Waals surface area contributed by atoms with Crippen LogP contribution in [0.2, 0.25) is 0 Å². The van der Waals surface area contributed by atoms with Gasteiger partial charge in [-0.05, 0) is 49.8 Å². The second kappa shape index (κ2) is 5.35. The van der Waals surface area contributed by atoms with Crippen molar-refractivity contribution in [1.82, 2.24) is 0 Å². The predicted molar refractivity (Wildman–Crippen MR) is 79.9 cm³/mol. The summed E-state index contributed by atoms with van der Waals surface area (Å²) in [7, 11) is 0. The third kappa shape index (κ3) is 2.35. The lowest BCUT2D eigenvalue weighted by Gasteiger charge is -2.21. The topological polar surface area (TPSA) is 55.6 Å². The van der Waals surface area contributed by atoms with Crippen LogP contribution in [0.1, 0.15) is 36.5 Å². The van der Waals surface area contributed by atoms with Crippen molar-refractivity contribution in [2.24, 2.45) is 11.8 Å². The highest BCUT2D eigenvalue weighted by Gasteiger charge is 2.36. The fraction of sp³-hybridized carbons (Fsp3) is 0.562. The zero-order chi connectivity index (χ0) is 14.1. The Labute approximate surface area is 119 Å². The molecule has 2 aliphatic rings. The number of nitrogens with zero attached hydrogens (tertiary/aromatic N) is 1. The zero-order valence-corrected chi connectivity index (χ0v) is 12.0. The second-order valence-corrected chi connectivity index (χ2v) is 5.85. The lowest BCUT2D eigenvalue weighted by molar-refractivity contribution is 0.0526. The fourth-order valence-electron chi connectivity index (χ4n) is 3.62. The number of ether oxygens (including phenoxy) is 1. The van der Waals surface area contributed by atoms with Gasteiger partial charge >= 0.3 is 5.97 Å². The molecule has 0 bridgehead atoms. The molecular weight excluding hydrogens is 252 g/mol. The number of nitrogens with two attached hydrogens (primary N) is 1. The van der Waals surface area contributed by atoms with Crippen LogP contribution in [0.3, 0.4) is 0 Å². The van der Waals surface area contributed by atoms with E-state index in [1.54, 1.807) is 13.0 Å². The Bertz CT molecular complexity index is 503.